The molecular formula is C31H30N6O2. The Hall–Kier alpha value is -4.82. The minimum Gasteiger partial charge on any atom is -0.480 e. The molecule has 0 aliphatic rings. The van der Waals surface area contributed by atoms with Crippen LogP contribution >= 0.6 is 0 Å². The van der Waals surface area contributed by atoms with E-state index in [9.17, 15) is 9.90 Å². The smallest absolute Gasteiger partial charge is 0.322 e. The molecule has 0 spiro atoms. The summed E-state index contributed by atoms with van der Waals surface area (Å²) in [4.78, 5) is 14.3. The Kier molecular flexibility index (Phi) is 7.75. The van der Waals surface area contributed by atoms with Gasteiger partial charge in [-0.05, 0) is 34.4 Å². The van der Waals surface area contributed by atoms with Crippen LogP contribution in [0, 0.1) is 0 Å². The first-order valence-electron chi connectivity index (χ1n) is 12.8. The van der Waals surface area contributed by atoms with Crippen molar-refractivity contribution < 1.29 is 9.90 Å². The molecule has 2 atom stereocenters. The van der Waals surface area contributed by atoms with Crippen LogP contribution in [0.25, 0.3) is 0 Å². The molecule has 1 aromatic heterocycles. The van der Waals surface area contributed by atoms with Crippen LogP contribution in [-0.2, 0) is 16.9 Å². The second-order valence-electron chi connectivity index (χ2n) is 9.37. The number of aromatic nitrogens is 4. The second-order valence-corrected chi connectivity index (χ2v) is 9.37. The first-order chi connectivity index (χ1) is 19.1. The highest BCUT2D eigenvalue weighted by Gasteiger charge is 2.41. The molecule has 1 heterocycles. The summed E-state index contributed by atoms with van der Waals surface area (Å²) in [6.07, 6.45) is 0. The van der Waals surface area contributed by atoms with Gasteiger partial charge >= 0.3 is 5.97 Å². The van der Waals surface area contributed by atoms with Crippen molar-refractivity contribution >= 4 is 11.9 Å². The molecule has 0 aliphatic heterocycles. The molecule has 0 saturated heterocycles. The van der Waals surface area contributed by atoms with Crippen molar-refractivity contribution in [3.05, 3.63) is 144 Å². The standard InChI is InChI=1S/C31H30N6O2/c1-23(32-30-34-36-37(35-30)22-24-14-6-2-7-15-24)28(29(38)39)33-31(25-16-8-3-9-17-25,26-18-10-4-11-19-26)27-20-12-5-13-21-27/h2-21,23,28,33H,22H2,1H3,(H,32,35)(H,38,39). The van der Waals surface area contributed by atoms with Crippen LogP contribution in [0.15, 0.2) is 121 Å². The van der Waals surface area contributed by atoms with Gasteiger partial charge in [0.2, 0.25) is 0 Å². The lowest BCUT2D eigenvalue weighted by atomic mass is 9.76. The van der Waals surface area contributed by atoms with E-state index in [1.807, 2.05) is 121 Å². The van der Waals surface area contributed by atoms with E-state index in [1.54, 1.807) is 6.92 Å². The summed E-state index contributed by atoms with van der Waals surface area (Å²) in [5.41, 5.74) is 2.87. The molecule has 5 rings (SSSR count). The average Bonchev–Trinajstić information content (AvgIpc) is 3.42. The number of aliphatic carboxylic acids is 1. The molecule has 3 N–H and O–H groups in total. The number of hydrogen-bond donors (Lipinski definition) is 3. The van der Waals surface area contributed by atoms with Gasteiger partial charge in [0.15, 0.2) is 0 Å². The molecule has 0 saturated carbocycles. The number of benzene rings is 4. The zero-order chi connectivity index (χ0) is 27.1. The Balaban J connectivity index is 1.49. The molecule has 2 unspecified atom stereocenters. The van der Waals surface area contributed by atoms with Gasteiger partial charge in [-0.3, -0.25) is 10.1 Å². The molecule has 4 aromatic carbocycles. The van der Waals surface area contributed by atoms with Gasteiger partial charge in [0, 0.05) is 0 Å². The first kappa shape index (κ1) is 25.8. The number of nitrogens with zero attached hydrogens (tertiary/aromatic N) is 4. The van der Waals surface area contributed by atoms with E-state index in [0.717, 1.165) is 22.3 Å². The maximum atomic E-state index is 12.8. The summed E-state index contributed by atoms with van der Waals surface area (Å²) in [5, 5.41) is 29.8. The van der Waals surface area contributed by atoms with Crippen LogP contribution in [0.2, 0.25) is 0 Å². The van der Waals surface area contributed by atoms with Crippen molar-refractivity contribution in [3.63, 3.8) is 0 Å². The van der Waals surface area contributed by atoms with Crippen molar-refractivity contribution in [2.45, 2.75) is 31.1 Å². The maximum Gasteiger partial charge on any atom is 0.322 e. The summed E-state index contributed by atoms with van der Waals surface area (Å²) in [6.45, 7) is 2.26. The summed E-state index contributed by atoms with van der Waals surface area (Å²) >= 11 is 0. The van der Waals surface area contributed by atoms with E-state index in [2.05, 4.69) is 26.0 Å². The highest BCUT2D eigenvalue weighted by atomic mass is 16.4. The van der Waals surface area contributed by atoms with E-state index in [4.69, 9.17) is 0 Å². The largest absolute Gasteiger partial charge is 0.480 e. The molecule has 39 heavy (non-hydrogen) atoms. The molecule has 0 aliphatic carbocycles. The molecule has 0 radical (unpaired) electrons. The van der Waals surface area contributed by atoms with Gasteiger partial charge in [-0.1, -0.05) is 126 Å². The van der Waals surface area contributed by atoms with Crippen LogP contribution < -0.4 is 10.6 Å². The first-order valence-corrected chi connectivity index (χ1v) is 12.8. The molecular weight excluding hydrogens is 488 g/mol. The maximum absolute atomic E-state index is 12.8. The zero-order valence-electron chi connectivity index (χ0n) is 21.6. The number of hydrogen-bond acceptors (Lipinski definition) is 6. The fourth-order valence-corrected chi connectivity index (χ4v) is 4.85. The molecule has 5 aromatic rings. The average molecular weight is 519 g/mol. The molecule has 0 bridgehead atoms. The van der Waals surface area contributed by atoms with Gasteiger partial charge in [0.05, 0.1) is 18.1 Å². The third-order valence-corrected chi connectivity index (χ3v) is 6.73. The monoisotopic (exact) mass is 518 g/mol. The molecule has 196 valence electrons. The van der Waals surface area contributed by atoms with Crippen LogP contribution in [-0.4, -0.2) is 43.4 Å². The number of carboxylic acid groups (broad SMARTS) is 1. The molecule has 8 nitrogen and oxygen atoms in total. The van der Waals surface area contributed by atoms with E-state index in [1.165, 1.54) is 4.80 Å². The van der Waals surface area contributed by atoms with Crippen LogP contribution in [0.5, 0.6) is 0 Å². The van der Waals surface area contributed by atoms with Crippen molar-refractivity contribution in [2.24, 2.45) is 0 Å². The highest BCUT2D eigenvalue weighted by molar-refractivity contribution is 5.75. The summed E-state index contributed by atoms with van der Waals surface area (Å²) in [6, 6.07) is 37.9. The zero-order valence-corrected chi connectivity index (χ0v) is 21.6. The number of tetrazole rings is 1. The fourth-order valence-electron chi connectivity index (χ4n) is 4.85. The lowest BCUT2D eigenvalue weighted by Gasteiger charge is -2.40. The molecule has 8 heteroatoms. The minimum atomic E-state index is -1.02. The Morgan fingerprint density at radius 3 is 1.72 bits per heavy atom. The van der Waals surface area contributed by atoms with E-state index >= 15 is 0 Å². The third-order valence-electron chi connectivity index (χ3n) is 6.73. The van der Waals surface area contributed by atoms with Gasteiger partial charge in [0.25, 0.3) is 5.95 Å². The van der Waals surface area contributed by atoms with Crippen molar-refractivity contribution in [3.8, 4) is 0 Å². The number of anilines is 1. The summed E-state index contributed by atoms with van der Waals surface area (Å²) in [7, 11) is 0. The predicted molar refractivity (Wildman–Crippen MR) is 150 cm³/mol. The lowest BCUT2D eigenvalue weighted by Crippen LogP contribution is -2.58. The predicted octanol–water partition coefficient (Wildman–Crippen LogP) is 4.56. The van der Waals surface area contributed by atoms with Gasteiger partial charge in [0.1, 0.15) is 6.04 Å². The van der Waals surface area contributed by atoms with Crippen LogP contribution in [0.3, 0.4) is 0 Å². The number of rotatable bonds is 11. The van der Waals surface area contributed by atoms with Gasteiger partial charge in [-0.15, -0.1) is 5.10 Å². The van der Waals surface area contributed by atoms with Crippen molar-refractivity contribution in [1.82, 2.24) is 25.5 Å². The third kappa shape index (κ3) is 5.71. The van der Waals surface area contributed by atoms with Gasteiger partial charge in [-0.25, -0.2) is 0 Å². The summed E-state index contributed by atoms with van der Waals surface area (Å²) in [5.74, 6) is -0.741. The molecule has 0 fully saturated rings. The lowest BCUT2D eigenvalue weighted by molar-refractivity contribution is -0.140. The Morgan fingerprint density at radius 1 is 0.795 bits per heavy atom. The Labute approximate surface area is 227 Å². The SMILES string of the molecule is CC(Nc1nnn(Cc2ccccc2)n1)C(NC(c1ccccc1)(c1ccccc1)c1ccccc1)C(=O)O. The number of carbonyl (C=O) groups is 1. The van der Waals surface area contributed by atoms with E-state index in [-0.39, 0.29) is 5.95 Å². The van der Waals surface area contributed by atoms with Crippen molar-refractivity contribution in [1.29, 1.82) is 0 Å². The van der Waals surface area contributed by atoms with E-state index in [0.29, 0.717) is 6.54 Å². The van der Waals surface area contributed by atoms with Gasteiger partial charge < -0.3 is 10.4 Å². The minimum absolute atomic E-state index is 0.260. The Bertz CT molecular complexity index is 1380. The number of carboxylic acids is 1. The van der Waals surface area contributed by atoms with E-state index < -0.39 is 23.6 Å². The second kappa shape index (κ2) is 11.7. The molecule has 0 amide bonds. The highest BCUT2D eigenvalue weighted by Crippen LogP contribution is 2.37. The van der Waals surface area contributed by atoms with Gasteiger partial charge in [-0.2, -0.15) is 4.80 Å². The Morgan fingerprint density at radius 2 is 1.26 bits per heavy atom. The fraction of sp³-hybridized carbons (Fsp3) is 0.161. The van der Waals surface area contributed by atoms with Crippen LogP contribution in [0.4, 0.5) is 5.95 Å². The number of nitrogens with one attached hydrogen (secondary N) is 2. The van der Waals surface area contributed by atoms with Crippen molar-refractivity contribution in [2.75, 3.05) is 5.32 Å². The normalized spacial score (nSPS) is 12.9. The van der Waals surface area contributed by atoms with Crippen LogP contribution in [0.1, 0.15) is 29.2 Å². The topological polar surface area (TPSA) is 105 Å². The quantitative estimate of drug-likeness (QED) is 0.220. The summed E-state index contributed by atoms with van der Waals surface area (Å²) < 4.78 is 0.